The number of anilines is 1. The van der Waals surface area contributed by atoms with Crippen molar-refractivity contribution in [1.82, 2.24) is 10.2 Å². The lowest BCUT2D eigenvalue weighted by Gasteiger charge is -2.32. The van der Waals surface area contributed by atoms with Gasteiger partial charge in [-0.1, -0.05) is 63.2 Å². The second-order valence-corrected chi connectivity index (χ2v) is 11.8. The molecule has 0 aliphatic heterocycles. The fourth-order valence-corrected chi connectivity index (χ4v) is 4.36. The van der Waals surface area contributed by atoms with E-state index in [0.717, 1.165) is 21.7 Å². The van der Waals surface area contributed by atoms with Crippen molar-refractivity contribution in [3.8, 4) is 0 Å². The monoisotopic (exact) mass is 487 g/mol. The molecule has 1 N–H and O–H groups in total. The maximum absolute atomic E-state index is 13.5. The van der Waals surface area contributed by atoms with Gasteiger partial charge < -0.3 is 10.2 Å². The lowest BCUT2D eigenvalue weighted by Crippen LogP contribution is -2.52. The molecule has 0 saturated carbocycles. The van der Waals surface area contributed by atoms with Crippen LogP contribution in [0.15, 0.2) is 54.6 Å². The molecule has 0 unspecified atom stereocenters. The number of amides is 2. The molecule has 2 amide bonds. The standard InChI is InChI=1S/C26H37N3O4S/c1-19(2)27-25(31)20(3)28(17-21-11-9-8-10-12-21)24(30)18-29(34(7,32)33)23-15-13-22(14-16-23)26(4,5)6/h8-16,19-20H,17-18H2,1-7H3,(H,27,31)/t20-/m1/s1. The topological polar surface area (TPSA) is 86.8 Å². The zero-order chi connectivity index (χ0) is 25.7. The van der Waals surface area contributed by atoms with Gasteiger partial charge in [0.2, 0.25) is 21.8 Å². The number of nitrogens with zero attached hydrogens (tertiary/aromatic N) is 2. The van der Waals surface area contributed by atoms with Gasteiger partial charge in [0.05, 0.1) is 11.9 Å². The smallest absolute Gasteiger partial charge is 0.244 e. The van der Waals surface area contributed by atoms with E-state index in [-0.39, 0.29) is 23.9 Å². The number of benzene rings is 2. The normalized spacial score (nSPS) is 12.8. The molecule has 2 aromatic rings. The first kappa shape index (κ1) is 27.4. The van der Waals surface area contributed by atoms with E-state index in [4.69, 9.17) is 0 Å². The minimum absolute atomic E-state index is 0.0857. The van der Waals surface area contributed by atoms with Gasteiger partial charge in [-0.3, -0.25) is 13.9 Å². The Bertz CT molecular complexity index is 1080. The van der Waals surface area contributed by atoms with E-state index in [9.17, 15) is 18.0 Å². The summed E-state index contributed by atoms with van der Waals surface area (Å²) in [6, 6.07) is 15.6. The number of hydrogen-bond acceptors (Lipinski definition) is 4. The van der Waals surface area contributed by atoms with E-state index in [2.05, 4.69) is 26.1 Å². The molecule has 0 aliphatic carbocycles. The zero-order valence-electron chi connectivity index (χ0n) is 21.2. The molecular formula is C26H37N3O4S. The number of carbonyl (C=O) groups excluding carboxylic acids is 2. The quantitative estimate of drug-likeness (QED) is 0.584. The Kier molecular flexibility index (Phi) is 8.89. The third-order valence-corrected chi connectivity index (χ3v) is 6.64. The van der Waals surface area contributed by atoms with Gasteiger partial charge in [-0.25, -0.2) is 8.42 Å². The van der Waals surface area contributed by atoms with Gasteiger partial charge >= 0.3 is 0 Å². The average molecular weight is 488 g/mol. The first-order chi connectivity index (χ1) is 15.7. The van der Waals surface area contributed by atoms with Crippen molar-refractivity contribution in [2.45, 2.75) is 65.6 Å². The minimum atomic E-state index is -3.75. The molecule has 2 aromatic carbocycles. The average Bonchev–Trinajstić information content (AvgIpc) is 2.74. The highest BCUT2D eigenvalue weighted by molar-refractivity contribution is 7.92. The summed E-state index contributed by atoms with van der Waals surface area (Å²) in [5, 5.41) is 2.83. The van der Waals surface area contributed by atoms with Crippen LogP contribution in [0.25, 0.3) is 0 Å². The third kappa shape index (κ3) is 7.58. The maximum Gasteiger partial charge on any atom is 0.244 e. The highest BCUT2D eigenvalue weighted by atomic mass is 32.2. The van der Waals surface area contributed by atoms with Gasteiger partial charge in [-0.05, 0) is 49.4 Å². The Morgan fingerprint density at radius 1 is 0.941 bits per heavy atom. The van der Waals surface area contributed by atoms with Gasteiger partial charge in [0.25, 0.3) is 0 Å². The number of sulfonamides is 1. The summed E-state index contributed by atoms with van der Waals surface area (Å²) in [6.45, 7) is 11.4. The van der Waals surface area contributed by atoms with Gasteiger partial charge in [0.1, 0.15) is 12.6 Å². The summed E-state index contributed by atoms with van der Waals surface area (Å²) in [7, 11) is -3.75. The fraction of sp³-hybridized carbons (Fsp3) is 0.462. The molecule has 2 rings (SSSR count). The Morgan fingerprint density at radius 2 is 1.50 bits per heavy atom. The molecule has 8 heteroatoms. The minimum Gasteiger partial charge on any atom is -0.352 e. The molecule has 34 heavy (non-hydrogen) atoms. The van der Waals surface area contributed by atoms with Crippen LogP contribution in [0.1, 0.15) is 52.7 Å². The van der Waals surface area contributed by atoms with Crippen molar-refractivity contribution < 1.29 is 18.0 Å². The number of rotatable bonds is 9. The summed E-state index contributed by atoms with van der Waals surface area (Å²) in [4.78, 5) is 27.6. The number of hydrogen-bond donors (Lipinski definition) is 1. The van der Waals surface area contributed by atoms with E-state index in [1.165, 1.54) is 4.90 Å². The van der Waals surface area contributed by atoms with Gasteiger partial charge in [0.15, 0.2) is 0 Å². The van der Waals surface area contributed by atoms with Crippen LogP contribution < -0.4 is 9.62 Å². The van der Waals surface area contributed by atoms with Gasteiger partial charge in [-0.2, -0.15) is 0 Å². The molecule has 0 bridgehead atoms. The van der Waals surface area contributed by atoms with Crippen molar-refractivity contribution in [3.63, 3.8) is 0 Å². The SMILES string of the molecule is CC(C)NC(=O)[C@@H](C)N(Cc1ccccc1)C(=O)CN(c1ccc(C(C)(C)C)cc1)S(C)(=O)=O. The van der Waals surface area contributed by atoms with Crippen LogP contribution in [0, 0.1) is 0 Å². The maximum atomic E-state index is 13.5. The van der Waals surface area contributed by atoms with E-state index in [1.54, 1.807) is 19.1 Å². The molecular weight excluding hydrogens is 450 g/mol. The molecule has 0 aromatic heterocycles. The molecule has 186 valence electrons. The van der Waals surface area contributed by atoms with Crippen molar-refractivity contribution in [2.75, 3.05) is 17.1 Å². The molecule has 0 saturated heterocycles. The largest absolute Gasteiger partial charge is 0.352 e. The summed E-state index contributed by atoms with van der Waals surface area (Å²) in [5.74, 6) is -0.750. The van der Waals surface area contributed by atoms with Crippen molar-refractivity contribution in [1.29, 1.82) is 0 Å². The van der Waals surface area contributed by atoms with Crippen LogP contribution in [0.4, 0.5) is 5.69 Å². The fourth-order valence-electron chi connectivity index (χ4n) is 3.51. The van der Waals surface area contributed by atoms with E-state index in [0.29, 0.717) is 5.69 Å². The third-order valence-electron chi connectivity index (χ3n) is 5.49. The second kappa shape index (κ2) is 11.0. The van der Waals surface area contributed by atoms with E-state index >= 15 is 0 Å². The number of nitrogens with one attached hydrogen (secondary N) is 1. The van der Waals surface area contributed by atoms with Crippen LogP contribution in [0.3, 0.4) is 0 Å². The molecule has 7 nitrogen and oxygen atoms in total. The lowest BCUT2D eigenvalue weighted by molar-refractivity contribution is -0.139. The highest BCUT2D eigenvalue weighted by Crippen LogP contribution is 2.26. The Hall–Kier alpha value is -2.87. The van der Waals surface area contributed by atoms with E-state index in [1.807, 2.05) is 56.3 Å². The van der Waals surface area contributed by atoms with Crippen LogP contribution >= 0.6 is 0 Å². The Balaban J connectivity index is 2.37. The van der Waals surface area contributed by atoms with Crippen LogP contribution in [-0.4, -0.2) is 50.0 Å². The van der Waals surface area contributed by atoms with E-state index < -0.39 is 28.5 Å². The lowest BCUT2D eigenvalue weighted by atomic mass is 9.87. The summed E-state index contributed by atoms with van der Waals surface area (Å²) in [6.07, 6.45) is 1.08. The summed E-state index contributed by atoms with van der Waals surface area (Å²) < 4.78 is 26.4. The molecule has 0 spiro atoms. The Labute approximate surface area is 204 Å². The Morgan fingerprint density at radius 3 is 1.97 bits per heavy atom. The summed E-state index contributed by atoms with van der Waals surface area (Å²) >= 11 is 0. The number of carbonyl (C=O) groups is 2. The van der Waals surface area contributed by atoms with Gasteiger partial charge in [0, 0.05) is 12.6 Å². The summed E-state index contributed by atoms with van der Waals surface area (Å²) in [5.41, 5.74) is 2.22. The predicted octanol–water partition coefficient (Wildman–Crippen LogP) is 3.69. The molecule has 0 fully saturated rings. The highest BCUT2D eigenvalue weighted by Gasteiger charge is 2.30. The van der Waals surface area contributed by atoms with Crippen molar-refractivity contribution >= 4 is 27.5 Å². The zero-order valence-corrected chi connectivity index (χ0v) is 22.0. The predicted molar refractivity (Wildman–Crippen MR) is 137 cm³/mol. The molecule has 1 atom stereocenters. The van der Waals surface area contributed by atoms with Crippen molar-refractivity contribution in [2.24, 2.45) is 0 Å². The van der Waals surface area contributed by atoms with Crippen LogP contribution in [0.2, 0.25) is 0 Å². The first-order valence-corrected chi connectivity index (χ1v) is 13.3. The molecule has 0 aliphatic rings. The molecule has 0 radical (unpaired) electrons. The van der Waals surface area contributed by atoms with Crippen LogP contribution in [-0.2, 0) is 31.6 Å². The second-order valence-electron chi connectivity index (χ2n) is 9.91. The van der Waals surface area contributed by atoms with Crippen LogP contribution in [0.5, 0.6) is 0 Å². The van der Waals surface area contributed by atoms with Crippen molar-refractivity contribution in [3.05, 3.63) is 65.7 Å². The van der Waals surface area contributed by atoms with Gasteiger partial charge in [-0.15, -0.1) is 0 Å². The molecule has 0 heterocycles. The first-order valence-electron chi connectivity index (χ1n) is 11.4.